The molecule has 0 radical (unpaired) electrons. The fraction of sp³-hybridized carbons (Fsp3) is 0.103. The van der Waals surface area contributed by atoms with Gasteiger partial charge in [-0.15, -0.1) is 0 Å². The molecule has 0 aliphatic rings. The van der Waals surface area contributed by atoms with Crippen LogP contribution in [0.1, 0.15) is 31.1 Å². The maximum absolute atomic E-state index is 12.8. The Hall–Kier alpha value is -5.38. The lowest BCUT2D eigenvalue weighted by Gasteiger charge is -2.19. The fourth-order valence-electron chi connectivity index (χ4n) is 3.84. The first-order chi connectivity index (χ1) is 19.1. The van der Waals surface area contributed by atoms with Gasteiger partial charge in [0, 0.05) is 5.56 Å². The molecule has 1 N–H and O–H groups in total. The van der Waals surface area contributed by atoms with E-state index in [1.54, 1.807) is 89.5 Å². The molecule has 194 valence electrons. The molecule has 2 aromatic heterocycles. The SMILES string of the molecule is O=C(N=c1ncn(C[C@@H](COC(=O)c2ccccc2)OC(=O)c2ccccc2)c2nc[nH]c12)c1ccccc1. The molecule has 0 saturated heterocycles. The van der Waals surface area contributed by atoms with Gasteiger partial charge in [0.2, 0.25) is 0 Å². The summed E-state index contributed by atoms with van der Waals surface area (Å²) in [6.45, 7) is -0.133. The predicted octanol–water partition coefficient (Wildman–Crippen LogP) is 3.58. The van der Waals surface area contributed by atoms with Crippen LogP contribution in [0.3, 0.4) is 0 Å². The highest BCUT2D eigenvalue weighted by molar-refractivity contribution is 5.95. The van der Waals surface area contributed by atoms with E-state index in [0.29, 0.717) is 27.9 Å². The quantitative estimate of drug-likeness (QED) is 0.309. The number of carbonyl (C=O) groups is 3. The monoisotopic (exact) mass is 521 g/mol. The van der Waals surface area contributed by atoms with Crippen molar-refractivity contribution in [3.05, 3.63) is 126 Å². The second kappa shape index (κ2) is 11.8. The Balaban J connectivity index is 1.40. The number of fused-ring (bicyclic) bond motifs is 1. The normalized spacial score (nSPS) is 12.2. The van der Waals surface area contributed by atoms with Crippen molar-refractivity contribution in [2.45, 2.75) is 12.6 Å². The maximum Gasteiger partial charge on any atom is 0.338 e. The minimum Gasteiger partial charge on any atom is -0.458 e. The lowest BCUT2D eigenvalue weighted by atomic mass is 10.2. The zero-order chi connectivity index (χ0) is 27.0. The van der Waals surface area contributed by atoms with Gasteiger partial charge in [0.05, 0.1) is 30.3 Å². The van der Waals surface area contributed by atoms with E-state index in [9.17, 15) is 14.4 Å². The number of amides is 1. The largest absolute Gasteiger partial charge is 0.458 e. The first-order valence-electron chi connectivity index (χ1n) is 12.1. The van der Waals surface area contributed by atoms with E-state index in [2.05, 4.69) is 19.9 Å². The van der Waals surface area contributed by atoms with Crippen molar-refractivity contribution < 1.29 is 23.9 Å². The van der Waals surface area contributed by atoms with E-state index < -0.39 is 23.9 Å². The second-order valence-corrected chi connectivity index (χ2v) is 8.46. The molecular formula is C29H23N5O5. The molecule has 39 heavy (non-hydrogen) atoms. The average molecular weight is 522 g/mol. The number of aromatic amines is 1. The molecular weight excluding hydrogens is 498 g/mol. The number of nitrogens with zero attached hydrogens (tertiary/aromatic N) is 4. The minimum atomic E-state index is -0.870. The first-order valence-corrected chi connectivity index (χ1v) is 12.1. The van der Waals surface area contributed by atoms with Crippen LogP contribution in [0.15, 0.2) is 109 Å². The summed E-state index contributed by atoms with van der Waals surface area (Å²) in [6.07, 6.45) is 2.03. The number of nitrogens with one attached hydrogen (secondary N) is 1. The molecule has 1 amide bonds. The van der Waals surface area contributed by atoms with Gasteiger partial charge >= 0.3 is 11.9 Å². The predicted molar refractivity (Wildman–Crippen MR) is 141 cm³/mol. The zero-order valence-corrected chi connectivity index (χ0v) is 20.6. The van der Waals surface area contributed by atoms with Crippen molar-refractivity contribution in [1.82, 2.24) is 19.5 Å². The summed E-state index contributed by atoms with van der Waals surface area (Å²) in [5.74, 6) is -1.56. The van der Waals surface area contributed by atoms with Crippen LogP contribution in [0.25, 0.3) is 11.2 Å². The van der Waals surface area contributed by atoms with Crippen molar-refractivity contribution >= 4 is 29.0 Å². The highest BCUT2D eigenvalue weighted by Gasteiger charge is 2.21. The molecule has 0 unspecified atom stereocenters. The number of esters is 2. The third kappa shape index (κ3) is 6.13. The van der Waals surface area contributed by atoms with E-state index in [4.69, 9.17) is 9.47 Å². The Bertz CT molecular complexity index is 1660. The van der Waals surface area contributed by atoms with E-state index >= 15 is 0 Å². The highest BCUT2D eigenvalue weighted by Crippen LogP contribution is 2.11. The van der Waals surface area contributed by atoms with Crippen molar-refractivity contribution in [2.24, 2.45) is 4.99 Å². The average Bonchev–Trinajstić information content (AvgIpc) is 3.49. The molecule has 0 saturated carbocycles. The van der Waals surface area contributed by atoms with Crippen LogP contribution in [-0.4, -0.2) is 50.1 Å². The highest BCUT2D eigenvalue weighted by atomic mass is 16.6. The molecule has 3 aromatic carbocycles. The maximum atomic E-state index is 12.8. The van der Waals surface area contributed by atoms with Gasteiger partial charge in [0.1, 0.15) is 12.1 Å². The van der Waals surface area contributed by atoms with Gasteiger partial charge < -0.3 is 19.0 Å². The van der Waals surface area contributed by atoms with Crippen molar-refractivity contribution in [1.29, 1.82) is 0 Å². The molecule has 0 fully saturated rings. The van der Waals surface area contributed by atoms with E-state index in [-0.39, 0.29) is 18.6 Å². The zero-order valence-electron chi connectivity index (χ0n) is 20.6. The van der Waals surface area contributed by atoms with Gasteiger partial charge in [0.25, 0.3) is 5.91 Å². The Morgan fingerprint density at radius 1 is 0.795 bits per heavy atom. The number of aromatic nitrogens is 4. The van der Waals surface area contributed by atoms with Crippen LogP contribution < -0.4 is 5.49 Å². The van der Waals surface area contributed by atoms with Gasteiger partial charge in [0.15, 0.2) is 17.2 Å². The van der Waals surface area contributed by atoms with E-state index in [1.165, 1.54) is 12.7 Å². The number of rotatable bonds is 8. The second-order valence-electron chi connectivity index (χ2n) is 8.46. The summed E-state index contributed by atoms with van der Waals surface area (Å²) in [7, 11) is 0. The fourth-order valence-corrected chi connectivity index (χ4v) is 3.84. The number of carbonyl (C=O) groups excluding carboxylic acids is 3. The van der Waals surface area contributed by atoms with Crippen LogP contribution in [0, 0.1) is 0 Å². The lowest BCUT2D eigenvalue weighted by Crippen LogP contribution is -2.31. The molecule has 1 atom stereocenters. The Morgan fingerprint density at radius 3 is 2.03 bits per heavy atom. The summed E-state index contributed by atoms with van der Waals surface area (Å²) in [5, 5.41) is 0. The molecule has 0 spiro atoms. The number of benzene rings is 3. The van der Waals surface area contributed by atoms with E-state index in [0.717, 1.165) is 0 Å². The van der Waals surface area contributed by atoms with Gasteiger partial charge in [-0.2, -0.15) is 4.99 Å². The molecule has 5 aromatic rings. The van der Waals surface area contributed by atoms with E-state index in [1.807, 2.05) is 6.07 Å². The van der Waals surface area contributed by atoms with Crippen molar-refractivity contribution in [3.8, 4) is 0 Å². The summed E-state index contributed by atoms with van der Waals surface area (Å²) in [5.41, 5.74) is 2.19. The standard InChI is InChI=1S/C29H23N5O5/c35-27(20-10-4-1-5-11-20)33-25-24-26(31-18-30-24)34(19-32-25)16-23(39-29(37)22-14-8-3-9-15-22)17-38-28(36)21-12-6-2-7-13-21/h1-15,18-19,23H,16-17H2,(H,30,31)/t23-/m0/s1. The molecule has 0 bridgehead atoms. The van der Waals surface area contributed by atoms with Crippen LogP contribution >= 0.6 is 0 Å². The summed E-state index contributed by atoms with van der Waals surface area (Å²) >= 11 is 0. The van der Waals surface area contributed by atoms with Crippen molar-refractivity contribution in [3.63, 3.8) is 0 Å². The summed E-state index contributed by atoms with van der Waals surface area (Å²) in [4.78, 5) is 53.8. The number of hydrogen-bond donors (Lipinski definition) is 1. The molecule has 0 aliphatic heterocycles. The van der Waals surface area contributed by atoms with Gasteiger partial charge in [-0.25, -0.2) is 19.6 Å². The number of ether oxygens (including phenoxy) is 2. The number of imidazole rings is 1. The summed E-state index contributed by atoms with van der Waals surface area (Å²) < 4.78 is 12.8. The Labute approximate surface area is 222 Å². The smallest absolute Gasteiger partial charge is 0.338 e. The molecule has 10 heteroatoms. The Kier molecular flexibility index (Phi) is 7.63. The topological polar surface area (TPSA) is 129 Å². The third-order valence-corrected chi connectivity index (χ3v) is 5.76. The number of hydrogen-bond acceptors (Lipinski definition) is 7. The van der Waals surface area contributed by atoms with Crippen LogP contribution in [0.4, 0.5) is 0 Å². The lowest BCUT2D eigenvalue weighted by molar-refractivity contribution is -0.00498. The van der Waals surface area contributed by atoms with Gasteiger partial charge in [-0.1, -0.05) is 54.6 Å². The van der Waals surface area contributed by atoms with Crippen LogP contribution in [-0.2, 0) is 16.0 Å². The van der Waals surface area contributed by atoms with Crippen LogP contribution in [0.5, 0.6) is 0 Å². The third-order valence-electron chi connectivity index (χ3n) is 5.76. The Morgan fingerprint density at radius 2 is 1.38 bits per heavy atom. The van der Waals surface area contributed by atoms with Gasteiger partial charge in [-0.05, 0) is 36.4 Å². The molecule has 5 rings (SSSR count). The summed E-state index contributed by atoms with van der Waals surface area (Å²) in [6, 6.07) is 25.7. The molecule has 2 heterocycles. The number of H-pyrrole nitrogens is 1. The van der Waals surface area contributed by atoms with Crippen LogP contribution in [0.2, 0.25) is 0 Å². The van der Waals surface area contributed by atoms with Crippen molar-refractivity contribution in [2.75, 3.05) is 6.61 Å². The first kappa shape index (κ1) is 25.3. The molecule has 0 aliphatic carbocycles. The van der Waals surface area contributed by atoms with Gasteiger partial charge in [-0.3, -0.25) is 4.79 Å². The molecule has 10 nitrogen and oxygen atoms in total. The minimum absolute atomic E-state index is 0.0713.